The van der Waals surface area contributed by atoms with E-state index in [1.807, 2.05) is 44.6 Å². The number of rotatable bonds is 9. The number of halogens is 1. The number of hydrogen-bond acceptors (Lipinski definition) is 4. The van der Waals surface area contributed by atoms with Crippen molar-refractivity contribution in [2.24, 2.45) is 5.10 Å². The molecule has 0 saturated heterocycles. The molecule has 0 unspecified atom stereocenters. The van der Waals surface area contributed by atoms with E-state index in [4.69, 9.17) is 12.2 Å². The highest BCUT2D eigenvalue weighted by atomic mass is 79.9. The summed E-state index contributed by atoms with van der Waals surface area (Å²) in [7, 11) is 3.81. The molecule has 0 radical (unpaired) electrons. The van der Waals surface area contributed by atoms with Gasteiger partial charge in [0.15, 0.2) is 5.11 Å². The molecular formula is C26H30BrN5S. The Labute approximate surface area is 210 Å². The molecule has 1 aromatic heterocycles. The van der Waals surface area contributed by atoms with Crippen molar-refractivity contribution in [2.45, 2.75) is 32.0 Å². The van der Waals surface area contributed by atoms with Gasteiger partial charge in [-0.1, -0.05) is 76.6 Å². The molecule has 3 aromatic rings. The monoisotopic (exact) mass is 523 g/mol. The first-order chi connectivity index (χ1) is 15.9. The molecule has 0 amide bonds. The van der Waals surface area contributed by atoms with Gasteiger partial charge in [-0.15, -0.1) is 0 Å². The maximum Gasteiger partial charge on any atom is 0.170 e. The topological polar surface area (TPSA) is 43.8 Å². The minimum absolute atomic E-state index is 0.536. The van der Waals surface area contributed by atoms with Crippen molar-refractivity contribution in [3.63, 3.8) is 0 Å². The second-order valence-corrected chi connectivity index (χ2v) is 9.60. The highest BCUT2D eigenvalue weighted by molar-refractivity contribution is 9.10. The molecule has 0 bridgehead atoms. The molecule has 0 fully saturated rings. The SMILES string of the molecule is CN(C)N=CC[C@](C)(NC(=S)N(Cc1ccccc1)Cc1ccccc1)c1cc(Br)ccn1. The maximum absolute atomic E-state index is 5.98. The van der Waals surface area contributed by atoms with E-state index >= 15 is 0 Å². The first kappa shape index (κ1) is 24.9. The lowest BCUT2D eigenvalue weighted by atomic mass is 9.93. The second kappa shape index (κ2) is 11.9. The van der Waals surface area contributed by atoms with Gasteiger partial charge >= 0.3 is 0 Å². The Hall–Kier alpha value is -2.77. The van der Waals surface area contributed by atoms with Gasteiger partial charge in [-0.25, -0.2) is 0 Å². The van der Waals surface area contributed by atoms with Crippen LogP contribution in [-0.4, -0.2) is 40.3 Å². The fourth-order valence-corrected chi connectivity index (χ4v) is 4.12. The molecule has 1 atom stereocenters. The number of aromatic nitrogens is 1. The zero-order valence-corrected chi connectivity index (χ0v) is 21.7. The summed E-state index contributed by atoms with van der Waals surface area (Å²) in [6.07, 6.45) is 4.33. The van der Waals surface area contributed by atoms with Crippen LogP contribution in [-0.2, 0) is 18.6 Å². The molecule has 2 aromatic carbocycles. The summed E-state index contributed by atoms with van der Waals surface area (Å²) >= 11 is 9.55. The van der Waals surface area contributed by atoms with E-state index in [9.17, 15) is 0 Å². The summed E-state index contributed by atoms with van der Waals surface area (Å²) in [6.45, 7) is 3.52. The van der Waals surface area contributed by atoms with E-state index in [1.54, 1.807) is 11.2 Å². The highest BCUT2D eigenvalue weighted by Crippen LogP contribution is 2.25. The largest absolute Gasteiger partial charge is 0.351 e. The van der Waals surface area contributed by atoms with Crippen LogP contribution in [0, 0.1) is 0 Å². The summed E-state index contributed by atoms with van der Waals surface area (Å²) in [5, 5.41) is 10.5. The number of hydrazone groups is 1. The molecule has 0 aliphatic rings. The Morgan fingerprint density at radius 1 is 1.03 bits per heavy atom. The molecular weight excluding hydrogens is 494 g/mol. The van der Waals surface area contributed by atoms with Crippen molar-refractivity contribution in [3.05, 3.63) is 100 Å². The molecule has 0 spiro atoms. The number of thiocarbonyl (C=S) groups is 1. The van der Waals surface area contributed by atoms with Gasteiger partial charge in [-0.05, 0) is 42.4 Å². The smallest absolute Gasteiger partial charge is 0.170 e. The van der Waals surface area contributed by atoms with Gasteiger partial charge in [0.05, 0.1) is 11.2 Å². The molecule has 0 saturated carbocycles. The Morgan fingerprint density at radius 3 is 2.12 bits per heavy atom. The van der Waals surface area contributed by atoms with Crippen molar-refractivity contribution in [1.29, 1.82) is 0 Å². The Balaban J connectivity index is 1.89. The van der Waals surface area contributed by atoms with Gasteiger partial charge in [-0.2, -0.15) is 5.10 Å². The Morgan fingerprint density at radius 2 is 1.61 bits per heavy atom. The van der Waals surface area contributed by atoms with E-state index in [2.05, 4.69) is 91.7 Å². The van der Waals surface area contributed by atoms with E-state index < -0.39 is 5.54 Å². The van der Waals surface area contributed by atoms with Gasteiger partial charge < -0.3 is 15.2 Å². The fourth-order valence-electron chi connectivity index (χ4n) is 3.44. The van der Waals surface area contributed by atoms with Gasteiger partial charge in [0, 0.05) is 50.5 Å². The van der Waals surface area contributed by atoms with Gasteiger partial charge in [-0.3, -0.25) is 4.98 Å². The normalized spacial score (nSPS) is 12.8. The lowest BCUT2D eigenvalue weighted by Gasteiger charge is -2.35. The lowest BCUT2D eigenvalue weighted by molar-refractivity contribution is 0.357. The van der Waals surface area contributed by atoms with Crippen LogP contribution in [0.25, 0.3) is 0 Å². The van der Waals surface area contributed by atoms with Crippen LogP contribution >= 0.6 is 28.1 Å². The quantitative estimate of drug-likeness (QED) is 0.225. The van der Waals surface area contributed by atoms with E-state index in [0.29, 0.717) is 24.6 Å². The molecule has 5 nitrogen and oxygen atoms in total. The fraction of sp³-hybridized carbons (Fsp3) is 0.269. The van der Waals surface area contributed by atoms with Crippen LogP contribution in [0.5, 0.6) is 0 Å². The molecule has 1 heterocycles. The van der Waals surface area contributed by atoms with Crippen LogP contribution in [0.3, 0.4) is 0 Å². The van der Waals surface area contributed by atoms with Crippen molar-refractivity contribution in [1.82, 2.24) is 20.2 Å². The molecule has 0 aliphatic carbocycles. The predicted molar refractivity (Wildman–Crippen MR) is 144 cm³/mol. The predicted octanol–water partition coefficient (Wildman–Crippen LogP) is 5.57. The van der Waals surface area contributed by atoms with E-state index in [0.717, 1.165) is 10.2 Å². The third-order valence-corrected chi connectivity index (χ3v) is 6.06. The third-order valence-electron chi connectivity index (χ3n) is 5.20. The average molecular weight is 525 g/mol. The van der Waals surface area contributed by atoms with Crippen molar-refractivity contribution in [2.75, 3.05) is 14.1 Å². The first-order valence-electron chi connectivity index (χ1n) is 10.8. The summed E-state index contributed by atoms with van der Waals surface area (Å²) in [5.41, 5.74) is 2.76. The van der Waals surface area contributed by atoms with Crippen LogP contribution < -0.4 is 5.32 Å². The standard InChI is InChI=1S/C26H30BrN5S/c1-26(15-17-29-31(2)3,24-18-23(27)14-16-28-24)30-25(33)32(19-21-10-6-4-7-11-21)20-22-12-8-5-9-13-22/h4-14,16-18H,15,19-20H2,1-3H3,(H,30,33)/t26-/m0/s1. The van der Waals surface area contributed by atoms with E-state index in [-0.39, 0.29) is 0 Å². The Bertz CT molecular complexity index is 1020. The van der Waals surface area contributed by atoms with Crippen LogP contribution in [0.1, 0.15) is 30.2 Å². The van der Waals surface area contributed by atoms with Crippen molar-refractivity contribution >= 4 is 39.5 Å². The maximum atomic E-state index is 5.98. The summed E-state index contributed by atoms with van der Waals surface area (Å²) < 4.78 is 0.974. The number of pyridine rings is 1. The van der Waals surface area contributed by atoms with E-state index in [1.165, 1.54) is 11.1 Å². The molecule has 1 N–H and O–H groups in total. The highest BCUT2D eigenvalue weighted by Gasteiger charge is 2.30. The average Bonchev–Trinajstić information content (AvgIpc) is 2.80. The number of hydrogen-bond donors (Lipinski definition) is 1. The number of nitrogens with one attached hydrogen (secondary N) is 1. The molecule has 172 valence electrons. The molecule has 3 rings (SSSR count). The zero-order chi connectivity index (χ0) is 23.7. The Kier molecular flexibility index (Phi) is 8.97. The first-order valence-corrected chi connectivity index (χ1v) is 12.0. The van der Waals surface area contributed by atoms with Crippen LogP contribution in [0.2, 0.25) is 0 Å². The number of benzene rings is 2. The van der Waals surface area contributed by atoms with Crippen molar-refractivity contribution in [3.8, 4) is 0 Å². The van der Waals surface area contributed by atoms with Gasteiger partial charge in [0.1, 0.15) is 0 Å². The summed E-state index contributed by atoms with van der Waals surface area (Å²) in [4.78, 5) is 6.84. The summed E-state index contributed by atoms with van der Waals surface area (Å²) in [6, 6.07) is 24.7. The van der Waals surface area contributed by atoms with Crippen LogP contribution in [0.4, 0.5) is 0 Å². The second-order valence-electron chi connectivity index (χ2n) is 8.30. The third kappa shape index (κ3) is 7.65. The molecule has 33 heavy (non-hydrogen) atoms. The minimum Gasteiger partial charge on any atom is -0.351 e. The molecule has 0 aliphatic heterocycles. The lowest BCUT2D eigenvalue weighted by Crippen LogP contribution is -2.50. The van der Waals surface area contributed by atoms with Crippen molar-refractivity contribution < 1.29 is 0 Å². The molecule has 7 heteroatoms. The van der Waals surface area contributed by atoms with Crippen LogP contribution in [0.15, 0.2) is 88.6 Å². The van der Waals surface area contributed by atoms with Gasteiger partial charge in [0.25, 0.3) is 0 Å². The minimum atomic E-state index is -0.536. The number of nitrogens with zero attached hydrogens (tertiary/aromatic N) is 4. The van der Waals surface area contributed by atoms with Gasteiger partial charge in [0.2, 0.25) is 0 Å². The summed E-state index contributed by atoms with van der Waals surface area (Å²) in [5.74, 6) is 0. The zero-order valence-electron chi connectivity index (χ0n) is 19.3.